The van der Waals surface area contributed by atoms with Crippen molar-refractivity contribution >= 4 is 12.0 Å². The molecule has 2 unspecified atom stereocenters. The van der Waals surface area contributed by atoms with Crippen molar-refractivity contribution in [3.63, 3.8) is 0 Å². The second-order valence-electron chi connectivity index (χ2n) is 5.09. The summed E-state index contributed by atoms with van der Waals surface area (Å²) < 4.78 is 0. The molecule has 1 aliphatic rings. The first-order chi connectivity index (χ1) is 8.88. The van der Waals surface area contributed by atoms with Gasteiger partial charge in [-0.15, -0.1) is 0 Å². The summed E-state index contributed by atoms with van der Waals surface area (Å²) in [6.07, 6.45) is 3.26. The molecule has 0 aromatic heterocycles. The molecule has 1 aliphatic heterocycles. The SMILES string of the molecule is CC(O)(CNC(=O)N1CCCCC1CCO)C(=O)O. The maximum Gasteiger partial charge on any atom is 0.337 e. The number of likely N-dealkylation sites (tertiary alicyclic amines) is 1. The number of piperidine rings is 1. The predicted octanol–water partition coefficient (Wildman–Crippen LogP) is -0.231. The molecule has 0 aromatic carbocycles. The Hall–Kier alpha value is -1.34. The Kier molecular flexibility index (Phi) is 5.56. The molecule has 7 nitrogen and oxygen atoms in total. The molecule has 0 aliphatic carbocycles. The van der Waals surface area contributed by atoms with Crippen LogP contribution in [0, 0.1) is 0 Å². The topological polar surface area (TPSA) is 110 Å². The van der Waals surface area contributed by atoms with Crippen LogP contribution in [-0.4, -0.2) is 63.6 Å². The summed E-state index contributed by atoms with van der Waals surface area (Å²) in [5.41, 5.74) is -1.97. The van der Waals surface area contributed by atoms with Crippen molar-refractivity contribution in [2.75, 3.05) is 19.7 Å². The highest BCUT2D eigenvalue weighted by Crippen LogP contribution is 2.19. The summed E-state index contributed by atoms with van der Waals surface area (Å²) in [4.78, 5) is 24.3. The van der Waals surface area contributed by atoms with Gasteiger partial charge in [-0.25, -0.2) is 9.59 Å². The summed E-state index contributed by atoms with van der Waals surface area (Å²) in [6, 6.07) is -0.409. The highest BCUT2D eigenvalue weighted by Gasteiger charge is 2.32. The molecule has 0 spiro atoms. The Morgan fingerprint density at radius 1 is 1.42 bits per heavy atom. The van der Waals surface area contributed by atoms with Crippen LogP contribution in [0.4, 0.5) is 4.79 Å². The number of carbonyl (C=O) groups is 2. The van der Waals surface area contributed by atoms with Crippen LogP contribution in [0.5, 0.6) is 0 Å². The molecule has 0 bridgehead atoms. The number of nitrogens with zero attached hydrogens (tertiary/aromatic N) is 1. The first kappa shape index (κ1) is 15.7. The van der Waals surface area contributed by atoms with Gasteiger partial charge in [-0.3, -0.25) is 0 Å². The maximum absolute atomic E-state index is 12.0. The van der Waals surface area contributed by atoms with E-state index >= 15 is 0 Å². The molecule has 2 amide bonds. The first-order valence-corrected chi connectivity index (χ1v) is 6.49. The fourth-order valence-electron chi connectivity index (χ4n) is 2.14. The monoisotopic (exact) mass is 274 g/mol. The van der Waals surface area contributed by atoms with E-state index in [2.05, 4.69) is 5.32 Å². The van der Waals surface area contributed by atoms with Crippen LogP contribution in [0.1, 0.15) is 32.6 Å². The van der Waals surface area contributed by atoms with Crippen LogP contribution in [0.3, 0.4) is 0 Å². The number of carbonyl (C=O) groups excluding carboxylic acids is 1. The number of aliphatic hydroxyl groups excluding tert-OH is 1. The third kappa shape index (κ3) is 4.36. The lowest BCUT2D eigenvalue weighted by molar-refractivity contribution is -0.155. The van der Waals surface area contributed by atoms with E-state index in [1.807, 2.05) is 0 Å². The summed E-state index contributed by atoms with van der Waals surface area (Å²) in [6.45, 7) is 1.40. The van der Waals surface area contributed by atoms with Crippen LogP contribution in [-0.2, 0) is 4.79 Å². The zero-order chi connectivity index (χ0) is 14.5. The lowest BCUT2D eigenvalue weighted by Gasteiger charge is -2.36. The maximum atomic E-state index is 12.0. The molecular weight excluding hydrogens is 252 g/mol. The van der Waals surface area contributed by atoms with Crippen molar-refractivity contribution in [3.05, 3.63) is 0 Å². The molecule has 7 heteroatoms. The number of rotatable bonds is 5. The van der Waals surface area contributed by atoms with Crippen molar-refractivity contribution < 1.29 is 24.9 Å². The van der Waals surface area contributed by atoms with Crippen molar-refractivity contribution in [1.29, 1.82) is 0 Å². The van der Waals surface area contributed by atoms with Crippen LogP contribution in [0.25, 0.3) is 0 Å². The number of aliphatic carboxylic acids is 1. The minimum Gasteiger partial charge on any atom is -0.479 e. The second kappa shape index (κ2) is 6.72. The average Bonchev–Trinajstić information content (AvgIpc) is 2.37. The van der Waals surface area contributed by atoms with E-state index in [1.165, 1.54) is 0 Å². The molecule has 1 saturated heterocycles. The van der Waals surface area contributed by atoms with E-state index < -0.39 is 11.6 Å². The quantitative estimate of drug-likeness (QED) is 0.553. The summed E-state index contributed by atoms with van der Waals surface area (Å²) in [5.74, 6) is -1.38. The third-order valence-electron chi connectivity index (χ3n) is 3.39. The zero-order valence-electron chi connectivity index (χ0n) is 11.1. The van der Waals surface area contributed by atoms with Crippen molar-refractivity contribution in [1.82, 2.24) is 10.2 Å². The number of amides is 2. The highest BCUT2D eigenvalue weighted by molar-refractivity contribution is 5.79. The van der Waals surface area contributed by atoms with Crippen molar-refractivity contribution in [2.45, 2.75) is 44.2 Å². The Labute approximate surface area is 112 Å². The molecule has 1 fully saturated rings. The van der Waals surface area contributed by atoms with E-state index in [0.717, 1.165) is 26.2 Å². The molecule has 0 saturated carbocycles. The number of aliphatic hydroxyl groups is 2. The normalized spacial score (nSPS) is 22.7. The van der Waals surface area contributed by atoms with Crippen molar-refractivity contribution in [2.24, 2.45) is 0 Å². The highest BCUT2D eigenvalue weighted by atomic mass is 16.4. The molecule has 110 valence electrons. The number of nitrogens with one attached hydrogen (secondary N) is 1. The predicted molar refractivity (Wildman–Crippen MR) is 67.7 cm³/mol. The summed E-state index contributed by atoms with van der Waals surface area (Å²) >= 11 is 0. The van der Waals surface area contributed by atoms with Gasteiger partial charge in [0, 0.05) is 19.2 Å². The van der Waals surface area contributed by atoms with Gasteiger partial charge in [-0.2, -0.15) is 0 Å². The standard InChI is InChI=1S/C12H22N2O5/c1-12(19,10(16)17)8-13-11(18)14-6-3-2-4-9(14)5-7-15/h9,15,19H,2-8H2,1H3,(H,13,18)(H,16,17). The number of hydrogen-bond donors (Lipinski definition) is 4. The minimum absolute atomic E-state index is 0.0152. The summed E-state index contributed by atoms with van der Waals surface area (Å²) in [5, 5.41) is 29.7. The van der Waals surface area contributed by atoms with Gasteiger partial charge >= 0.3 is 12.0 Å². The fraction of sp³-hybridized carbons (Fsp3) is 0.833. The van der Waals surface area contributed by atoms with Gasteiger partial charge in [-0.05, 0) is 32.6 Å². The number of urea groups is 1. The van der Waals surface area contributed by atoms with Crippen LogP contribution in [0.2, 0.25) is 0 Å². The molecular formula is C12H22N2O5. The number of carboxylic acid groups (broad SMARTS) is 1. The molecule has 1 rings (SSSR count). The van der Waals surface area contributed by atoms with Gasteiger partial charge in [-0.1, -0.05) is 0 Å². The molecule has 0 aromatic rings. The van der Waals surface area contributed by atoms with E-state index in [1.54, 1.807) is 4.90 Å². The number of hydrogen-bond acceptors (Lipinski definition) is 4. The van der Waals surface area contributed by atoms with Gasteiger partial charge in [0.25, 0.3) is 0 Å². The lowest BCUT2D eigenvalue weighted by atomic mass is 10.00. The van der Waals surface area contributed by atoms with E-state index in [4.69, 9.17) is 10.2 Å². The van der Waals surface area contributed by atoms with E-state index in [9.17, 15) is 14.7 Å². The fourth-order valence-corrected chi connectivity index (χ4v) is 2.14. The summed E-state index contributed by atoms with van der Waals surface area (Å²) in [7, 11) is 0. The molecule has 1 heterocycles. The Morgan fingerprint density at radius 3 is 2.68 bits per heavy atom. The molecule has 4 N–H and O–H groups in total. The smallest absolute Gasteiger partial charge is 0.337 e. The van der Waals surface area contributed by atoms with Gasteiger partial charge in [0.2, 0.25) is 0 Å². The van der Waals surface area contributed by atoms with Gasteiger partial charge in [0.15, 0.2) is 5.60 Å². The Bertz CT molecular complexity index is 330. The minimum atomic E-state index is -1.97. The molecule has 19 heavy (non-hydrogen) atoms. The average molecular weight is 274 g/mol. The van der Waals surface area contributed by atoms with Crippen LogP contribution < -0.4 is 5.32 Å². The van der Waals surface area contributed by atoms with Crippen LogP contribution >= 0.6 is 0 Å². The third-order valence-corrected chi connectivity index (χ3v) is 3.39. The lowest BCUT2D eigenvalue weighted by Crippen LogP contribution is -2.53. The largest absolute Gasteiger partial charge is 0.479 e. The zero-order valence-corrected chi connectivity index (χ0v) is 11.1. The van der Waals surface area contributed by atoms with Gasteiger partial charge in [0.1, 0.15) is 0 Å². The Balaban J connectivity index is 2.53. The first-order valence-electron chi connectivity index (χ1n) is 6.49. The molecule has 2 atom stereocenters. The number of carboxylic acids is 1. The van der Waals surface area contributed by atoms with Gasteiger partial charge in [0.05, 0.1) is 6.54 Å². The van der Waals surface area contributed by atoms with E-state index in [0.29, 0.717) is 13.0 Å². The van der Waals surface area contributed by atoms with Crippen molar-refractivity contribution in [3.8, 4) is 0 Å². The second-order valence-corrected chi connectivity index (χ2v) is 5.09. The van der Waals surface area contributed by atoms with E-state index in [-0.39, 0.29) is 25.2 Å². The van der Waals surface area contributed by atoms with Crippen LogP contribution in [0.15, 0.2) is 0 Å². The van der Waals surface area contributed by atoms with Gasteiger partial charge < -0.3 is 25.5 Å². The Morgan fingerprint density at radius 2 is 2.11 bits per heavy atom. The molecule has 0 radical (unpaired) electrons.